The van der Waals surface area contributed by atoms with Crippen molar-refractivity contribution in [3.05, 3.63) is 30.3 Å². The highest BCUT2D eigenvalue weighted by Gasteiger charge is 2.57. The molecule has 1 aromatic rings. The number of para-hydroxylation sites is 1. The summed E-state index contributed by atoms with van der Waals surface area (Å²) in [7, 11) is 0. The first kappa shape index (κ1) is 14.2. The van der Waals surface area contributed by atoms with Crippen LogP contribution >= 0.6 is 23.2 Å². The molecular formula is C13H13Cl2NO3. The second-order valence-electron chi connectivity index (χ2n) is 4.45. The molecule has 0 radical (unpaired) electrons. The summed E-state index contributed by atoms with van der Waals surface area (Å²) in [5.41, 5.74) is 0.644. The van der Waals surface area contributed by atoms with E-state index >= 15 is 0 Å². The first-order chi connectivity index (χ1) is 8.90. The number of benzene rings is 1. The van der Waals surface area contributed by atoms with Gasteiger partial charge in [-0.3, -0.25) is 9.59 Å². The molecule has 1 aromatic carbocycles. The van der Waals surface area contributed by atoms with Gasteiger partial charge in [0.1, 0.15) is 4.33 Å². The van der Waals surface area contributed by atoms with E-state index in [4.69, 9.17) is 27.9 Å². The molecule has 2 unspecified atom stereocenters. The zero-order chi connectivity index (χ0) is 14.0. The topological polar surface area (TPSA) is 55.4 Å². The predicted octanol–water partition coefficient (Wildman–Crippen LogP) is 2.75. The Labute approximate surface area is 121 Å². The zero-order valence-corrected chi connectivity index (χ0v) is 11.7. The molecule has 1 aliphatic carbocycles. The maximum Gasteiger partial charge on any atom is 0.312 e. The van der Waals surface area contributed by atoms with Crippen LogP contribution in [0.4, 0.5) is 5.69 Å². The first-order valence-corrected chi connectivity index (χ1v) is 6.60. The number of rotatable bonds is 4. The second-order valence-corrected chi connectivity index (χ2v) is 5.99. The maximum atomic E-state index is 11.8. The van der Waals surface area contributed by atoms with Gasteiger partial charge < -0.3 is 10.1 Å². The summed E-state index contributed by atoms with van der Waals surface area (Å²) in [6.07, 6.45) is -0.528. The van der Waals surface area contributed by atoms with Crippen molar-refractivity contribution < 1.29 is 14.3 Å². The Bertz CT molecular complexity index is 490. The van der Waals surface area contributed by atoms with Gasteiger partial charge in [0.2, 0.25) is 0 Å². The molecule has 0 heterocycles. The van der Waals surface area contributed by atoms with Crippen LogP contribution in [0, 0.1) is 5.92 Å². The lowest BCUT2D eigenvalue weighted by Crippen LogP contribution is -2.31. The zero-order valence-electron chi connectivity index (χ0n) is 10.2. The number of carbonyl (C=O) groups is 2. The van der Waals surface area contributed by atoms with Crippen LogP contribution in [0.2, 0.25) is 0 Å². The molecule has 1 amide bonds. The summed E-state index contributed by atoms with van der Waals surface area (Å²) in [4.78, 5) is 23.4. The fourth-order valence-electron chi connectivity index (χ4n) is 1.54. The summed E-state index contributed by atoms with van der Waals surface area (Å²) in [5, 5.41) is 2.64. The van der Waals surface area contributed by atoms with E-state index in [0.717, 1.165) is 0 Å². The summed E-state index contributed by atoms with van der Waals surface area (Å²) >= 11 is 11.5. The van der Waals surface area contributed by atoms with Crippen molar-refractivity contribution >= 4 is 40.8 Å². The molecule has 0 saturated heterocycles. The predicted molar refractivity (Wildman–Crippen MR) is 73.2 cm³/mol. The number of anilines is 1. The Balaban J connectivity index is 1.85. The number of hydrogen-bond acceptors (Lipinski definition) is 3. The van der Waals surface area contributed by atoms with Crippen LogP contribution < -0.4 is 5.32 Å². The third-order valence-electron chi connectivity index (χ3n) is 2.81. The molecule has 0 bridgehead atoms. The quantitative estimate of drug-likeness (QED) is 0.687. The lowest BCUT2D eigenvalue weighted by Gasteiger charge is -2.13. The van der Waals surface area contributed by atoms with Crippen LogP contribution in [0.25, 0.3) is 0 Å². The van der Waals surface area contributed by atoms with Crippen LogP contribution in [0.5, 0.6) is 0 Å². The van der Waals surface area contributed by atoms with E-state index in [2.05, 4.69) is 5.32 Å². The molecule has 1 aliphatic rings. The summed E-state index contributed by atoms with van der Waals surface area (Å²) in [6, 6.07) is 8.93. The number of halogens is 2. The van der Waals surface area contributed by atoms with E-state index < -0.39 is 28.2 Å². The monoisotopic (exact) mass is 301 g/mol. The molecule has 4 nitrogen and oxygen atoms in total. The lowest BCUT2D eigenvalue weighted by molar-refractivity contribution is -0.154. The van der Waals surface area contributed by atoms with Gasteiger partial charge in [0.05, 0.1) is 5.92 Å². The van der Waals surface area contributed by atoms with Gasteiger partial charge in [-0.05, 0) is 25.5 Å². The minimum absolute atomic E-state index is 0.363. The van der Waals surface area contributed by atoms with Gasteiger partial charge in [-0.25, -0.2) is 0 Å². The fourth-order valence-corrected chi connectivity index (χ4v) is 2.03. The molecule has 1 saturated carbocycles. The molecule has 19 heavy (non-hydrogen) atoms. The number of alkyl halides is 2. The van der Waals surface area contributed by atoms with E-state index in [-0.39, 0.29) is 0 Å². The second kappa shape index (κ2) is 5.39. The van der Waals surface area contributed by atoms with Gasteiger partial charge in [0.15, 0.2) is 6.10 Å². The van der Waals surface area contributed by atoms with Crippen LogP contribution in [0.3, 0.4) is 0 Å². The number of amides is 1. The highest BCUT2D eigenvalue weighted by atomic mass is 35.5. The third-order valence-corrected chi connectivity index (χ3v) is 3.65. The van der Waals surface area contributed by atoms with E-state index in [1.165, 1.54) is 6.92 Å². The number of nitrogens with one attached hydrogen (secondary N) is 1. The largest absolute Gasteiger partial charge is 0.452 e. The van der Waals surface area contributed by atoms with E-state index in [9.17, 15) is 9.59 Å². The minimum atomic E-state index is -1.04. The van der Waals surface area contributed by atoms with Crippen molar-refractivity contribution in [2.45, 2.75) is 23.8 Å². The van der Waals surface area contributed by atoms with Crippen molar-refractivity contribution in [1.82, 2.24) is 0 Å². The van der Waals surface area contributed by atoms with Gasteiger partial charge >= 0.3 is 5.97 Å². The number of carbonyl (C=O) groups excluding carboxylic acids is 2. The molecule has 0 aromatic heterocycles. The highest BCUT2D eigenvalue weighted by molar-refractivity contribution is 6.52. The average Bonchev–Trinajstić information content (AvgIpc) is 3.00. The summed E-state index contributed by atoms with van der Waals surface area (Å²) in [5.74, 6) is -1.47. The minimum Gasteiger partial charge on any atom is -0.452 e. The molecule has 0 spiro atoms. The Morgan fingerprint density at radius 2 is 1.95 bits per heavy atom. The molecule has 102 valence electrons. The molecule has 0 aliphatic heterocycles. The van der Waals surface area contributed by atoms with Crippen LogP contribution in [0.1, 0.15) is 13.3 Å². The van der Waals surface area contributed by atoms with Crippen molar-refractivity contribution in [3.63, 3.8) is 0 Å². The van der Waals surface area contributed by atoms with Crippen LogP contribution in [-0.4, -0.2) is 22.3 Å². The summed E-state index contributed by atoms with van der Waals surface area (Å²) in [6.45, 7) is 1.50. The van der Waals surface area contributed by atoms with E-state index in [1.807, 2.05) is 6.07 Å². The Kier molecular flexibility index (Phi) is 4.02. The first-order valence-electron chi connectivity index (χ1n) is 5.84. The fraction of sp³-hybridized carbons (Fsp3) is 0.385. The third kappa shape index (κ3) is 3.61. The molecule has 1 fully saturated rings. The van der Waals surface area contributed by atoms with Crippen molar-refractivity contribution in [1.29, 1.82) is 0 Å². The SMILES string of the molecule is CC(OC(=O)C1CC1(Cl)Cl)C(=O)Nc1ccccc1. The Hall–Kier alpha value is -1.26. The molecule has 1 N–H and O–H groups in total. The van der Waals surface area contributed by atoms with Crippen LogP contribution in [0.15, 0.2) is 30.3 Å². The number of hydrogen-bond donors (Lipinski definition) is 1. The van der Waals surface area contributed by atoms with Crippen LogP contribution in [-0.2, 0) is 14.3 Å². The standard InChI is InChI=1S/C13H13Cl2NO3/c1-8(19-12(18)10-7-13(10,14)15)11(17)16-9-5-3-2-4-6-9/h2-6,8,10H,7H2,1H3,(H,16,17). The van der Waals surface area contributed by atoms with Gasteiger partial charge in [0, 0.05) is 5.69 Å². The number of ether oxygens (including phenoxy) is 1. The maximum absolute atomic E-state index is 11.8. The molecule has 2 atom stereocenters. The Morgan fingerprint density at radius 3 is 2.47 bits per heavy atom. The van der Waals surface area contributed by atoms with Gasteiger partial charge in [0.25, 0.3) is 5.91 Å². The van der Waals surface area contributed by atoms with Crippen molar-refractivity contribution in [2.75, 3.05) is 5.32 Å². The van der Waals surface area contributed by atoms with Crippen molar-refractivity contribution in [2.24, 2.45) is 5.92 Å². The normalized spacial score (nSPS) is 21.3. The van der Waals surface area contributed by atoms with E-state index in [0.29, 0.717) is 12.1 Å². The lowest BCUT2D eigenvalue weighted by atomic mass is 10.3. The Morgan fingerprint density at radius 1 is 1.37 bits per heavy atom. The molecule has 6 heteroatoms. The average molecular weight is 302 g/mol. The highest BCUT2D eigenvalue weighted by Crippen LogP contribution is 2.53. The van der Waals surface area contributed by atoms with Gasteiger partial charge in [-0.1, -0.05) is 18.2 Å². The van der Waals surface area contributed by atoms with Crippen molar-refractivity contribution in [3.8, 4) is 0 Å². The molecule has 2 rings (SSSR count). The van der Waals surface area contributed by atoms with E-state index in [1.54, 1.807) is 24.3 Å². The number of esters is 1. The van der Waals surface area contributed by atoms with Gasteiger partial charge in [-0.2, -0.15) is 0 Å². The smallest absolute Gasteiger partial charge is 0.312 e. The summed E-state index contributed by atoms with van der Waals surface area (Å²) < 4.78 is 3.99. The molecular weight excluding hydrogens is 289 g/mol. The van der Waals surface area contributed by atoms with Gasteiger partial charge in [-0.15, -0.1) is 23.2 Å².